The Balaban J connectivity index is 2.03. The number of benzene rings is 2. The Morgan fingerprint density at radius 3 is 2.37 bits per heavy atom. The number of nitrogens with zero attached hydrogens (tertiary/aromatic N) is 2. The Kier molecular flexibility index (Phi) is 4.27. The average molecular weight is 252 g/mol. The Bertz CT molecular complexity index is 573. The molecule has 0 aromatic heterocycles. The molecule has 0 N–H and O–H groups in total. The molecule has 2 aromatic carbocycles. The van der Waals surface area contributed by atoms with Gasteiger partial charge in [-0.05, 0) is 29.8 Å². The van der Waals surface area contributed by atoms with Gasteiger partial charge in [-0.15, -0.1) is 0 Å². The van der Waals surface area contributed by atoms with Crippen LogP contribution < -0.4 is 5.06 Å². The lowest BCUT2D eigenvalue weighted by Crippen LogP contribution is -2.21. The SMILES string of the molecule is N#Cc1ccc(N(C=O)OCc2ccccc2)cc1. The zero-order valence-electron chi connectivity index (χ0n) is 10.2. The zero-order chi connectivity index (χ0) is 13.5. The van der Waals surface area contributed by atoms with Crippen molar-refractivity contribution in [3.8, 4) is 6.07 Å². The van der Waals surface area contributed by atoms with Gasteiger partial charge >= 0.3 is 0 Å². The normalized spacial score (nSPS) is 9.63. The number of anilines is 1. The quantitative estimate of drug-likeness (QED) is 0.607. The first-order valence-corrected chi connectivity index (χ1v) is 5.75. The number of carbonyl (C=O) groups excluding carboxylic acids is 1. The Morgan fingerprint density at radius 2 is 1.79 bits per heavy atom. The fraction of sp³-hybridized carbons (Fsp3) is 0.0667. The van der Waals surface area contributed by atoms with Crippen LogP contribution in [0.4, 0.5) is 5.69 Å². The molecule has 0 fully saturated rings. The minimum absolute atomic E-state index is 0.305. The minimum atomic E-state index is 0.305. The highest BCUT2D eigenvalue weighted by Crippen LogP contribution is 2.15. The van der Waals surface area contributed by atoms with Crippen LogP contribution in [0.15, 0.2) is 54.6 Å². The summed E-state index contributed by atoms with van der Waals surface area (Å²) in [7, 11) is 0. The van der Waals surface area contributed by atoms with E-state index >= 15 is 0 Å². The molecule has 0 atom stereocenters. The van der Waals surface area contributed by atoms with E-state index in [4.69, 9.17) is 10.1 Å². The Hall–Kier alpha value is -2.64. The van der Waals surface area contributed by atoms with Gasteiger partial charge in [-0.2, -0.15) is 10.3 Å². The van der Waals surface area contributed by atoms with Gasteiger partial charge in [0.15, 0.2) is 0 Å². The topological polar surface area (TPSA) is 53.3 Å². The molecule has 0 saturated carbocycles. The number of hydrogen-bond donors (Lipinski definition) is 0. The maximum absolute atomic E-state index is 11.0. The van der Waals surface area contributed by atoms with Crippen molar-refractivity contribution in [3.05, 3.63) is 65.7 Å². The van der Waals surface area contributed by atoms with Gasteiger partial charge in [-0.3, -0.25) is 9.63 Å². The van der Waals surface area contributed by atoms with Gasteiger partial charge in [0.05, 0.1) is 17.3 Å². The first-order valence-electron chi connectivity index (χ1n) is 5.75. The van der Waals surface area contributed by atoms with E-state index in [0.717, 1.165) is 10.6 Å². The predicted octanol–water partition coefficient (Wildman–Crippen LogP) is 2.65. The van der Waals surface area contributed by atoms with Crippen molar-refractivity contribution in [2.75, 3.05) is 5.06 Å². The Morgan fingerprint density at radius 1 is 1.11 bits per heavy atom. The van der Waals surface area contributed by atoms with Gasteiger partial charge < -0.3 is 0 Å². The standard InChI is InChI=1S/C15H12N2O2/c16-10-13-6-8-15(9-7-13)17(12-18)19-11-14-4-2-1-3-5-14/h1-9,12H,11H2. The van der Waals surface area contributed by atoms with E-state index in [0.29, 0.717) is 24.3 Å². The molecule has 0 aliphatic heterocycles. The summed E-state index contributed by atoms with van der Waals surface area (Å²) in [4.78, 5) is 16.4. The number of amides is 1. The summed E-state index contributed by atoms with van der Waals surface area (Å²) in [5, 5.41) is 9.86. The molecule has 0 spiro atoms. The third kappa shape index (κ3) is 3.41. The molecular formula is C15H12N2O2. The van der Waals surface area contributed by atoms with Crippen LogP contribution in [0.1, 0.15) is 11.1 Å². The molecule has 0 aliphatic carbocycles. The van der Waals surface area contributed by atoms with Crippen LogP contribution in [0.5, 0.6) is 0 Å². The van der Waals surface area contributed by atoms with E-state index in [1.807, 2.05) is 36.4 Å². The molecule has 94 valence electrons. The summed E-state index contributed by atoms with van der Waals surface area (Å²) < 4.78 is 0. The molecule has 19 heavy (non-hydrogen) atoms. The second-order valence-corrected chi connectivity index (χ2v) is 3.85. The van der Waals surface area contributed by atoms with Gasteiger partial charge in [-0.1, -0.05) is 30.3 Å². The predicted molar refractivity (Wildman–Crippen MR) is 70.9 cm³/mol. The molecule has 2 aromatic rings. The minimum Gasteiger partial charge on any atom is -0.276 e. The van der Waals surface area contributed by atoms with Gasteiger partial charge in [0.2, 0.25) is 6.41 Å². The lowest BCUT2D eigenvalue weighted by Gasteiger charge is -2.16. The van der Waals surface area contributed by atoms with Crippen LogP contribution >= 0.6 is 0 Å². The molecule has 1 amide bonds. The maximum atomic E-state index is 11.0. The van der Waals surface area contributed by atoms with E-state index in [2.05, 4.69) is 0 Å². The van der Waals surface area contributed by atoms with Gasteiger partial charge in [0, 0.05) is 0 Å². The molecule has 2 rings (SSSR count). The highest BCUT2D eigenvalue weighted by atomic mass is 16.7. The van der Waals surface area contributed by atoms with Crippen LogP contribution in [0.2, 0.25) is 0 Å². The first kappa shape index (κ1) is 12.8. The molecule has 0 radical (unpaired) electrons. The smallest absolute Gasteiger partial charge is 0.238 e. The molecule has 0 heterocycles. The largest absolute Gasteiger partial charge is 0.276 e. The summed E-state index contributed by atoms with van der Waals surface area (Å²) in [6, 6.07) is 18.2. The number of nitriles is 1. The van der Waals surface area contributed by atoms with Crippen molar-refractivity contribution in [2.45, 2.75) is 6.61 Å². The second-order valence-electron chi connectivity index (χ2n) is 3.85. The summed E-state index contributed by atoms with van der Waals surface area (Å²) in [6.07, 6.45) is 0.602. The van der Waals surface area contributed by atoms with Crippen molar-refractivity contribution in [3.63, 3.8) is 0 Å². The number of rotatable bonds is 5. The molecule has 0 bridgehead atoms. The van der Waals surface area contributed by atoms with Crippen molar-refractivity contribution < 1.29 is 9.63 Å². The van der Waals surface area contributed by atoms with Crippen molar-refractivity contribution in [2.24, 2.45) is 0 Å². The van der Waals surface area contributed by atoms with Crippen LogP contribution in [0.25, 0.3) is 0 Å². The molecule has 0 unspecified atom stereocenters. The van der Waals surface area contributed by atoms with Crippen molar-refractivity contribution in [1.82, 2.24) is 0 Å². The van der Waals surface area contributed by atoms with Gasteiger partial charge in [-0.25, -0.2) is 0 Å². The number of carbonyl (C=O) groups is 1. The lowest BCUT2D eigenvalue weighted by molar-refractivity contribution is -0.114. The maximum Gasteiger partial charge on any atom is 0.238 e. The average Bonchev–Trinajstić information content (AvgIpc) is 2.49. The highest BCUT2D eigenvalue weighted by Gasteiger charge is 2.06. The Labute approximate surface area is 111 Å². The van der Waals surface area contributed by atoms with Gasteiger partial charge in [0.1, 0.15) is 6.61 Å². The fourth-order valence-electron chi connectivity index (χ4n) is 1.57. The van der Waals surface area contributed by atoms with E-state index in [9.17, 15) is 4.79 Å². The molecular weight excluding hydrogens is 240 g/mol. The first-order chi connectivity index (χ1) is 9.33. The highest BCUT2D eigenvalue weighted by molar-refractivity contribution is 5.72. The van der Waals surface area contributed by atoms with Crippen LogP contribution in [0, 0.1) is 11.3 Å². The van der Waals surface area contributed by atoms with E-state index in [1.54, 1.807) is 24.3 Å². The second kappa shape index (κ2) is 6.34. The van der Waals surface area contributed by atoms with Gasteiger partial charge in [0.25, 0.3) is 0 Å². The van der Waals surface area contributed by atoms with Crippen molar-refractivity contribution >= 4 is 12.1 Å². The summed E-state index contributed by atoms with van der Waals surface area (Å²) in [5.74, 6) is 0. The third-order valence-corrected chi connectivity index (χ3v) is 2.56. The fourth-order valence-corrected chi connectivity index (χ4v) is 1.57. The van der Waals surface area contributed by atoms with Crippen LogP contribution in [-0.2, 0) is 16.2 Å². The lowest BCUT2D eigenvalue weighted by atomic mass is 10.2. The van der Waals surface area contributed by atoms with Crippen LogP contribution in [0.3, 0.4) is 0 Å². The summed E-state index contributed by atoms with van der Waals surface area (Å²) in [5.41, 5.74) is 2.10. The van der Waals surface area contributed by atoms with E-state index in [1.165, 1.54) is 0 Å². The molecule has 4 heteroatoms. The molecule has 4 nitrogen and oxygen atoms in total. The molecule has 0 saturated heterocycles. The third-order valence-electron chi connectivity index (χ3n) is 2.56. The van der Waals surface area contributed by atoms with E-state index < -0.39 is 0 Å². The van der Waals surface area contributed by atoms with Crippen LogP contribution in [-0.4, -0.2) is 6.41 Å². The van der Waals surface area contributed by atoms with Crippen molar-refractivity contribution in [1.29, 1.82) is 5.26 Å². The summed E-state index contributed by atoms with van der Waals surface area (Å²) >= 11 is 0. The monoisotopic (exact) mass is 252 g/mol. The zero-order valence-corrected chi connectivity index (χ0v) is 10.2. The van der Waals surface area contributed by atoms with E-state index in [-0.39, 0.29) is 0 Å². The molecule has 0 aliphatic rings. The summed E-state index contributed by atoms with van der Waals surface area (Å²) in [6.45, 7) is 0.305. The number of hydroxylamine groups is 1. The number of hydrogen-bond acceptors (Lipinski definition) is 3.